The Morgan fingerprint density at radius 3 is 2.54 bits per heavy atom. The largest absolute Gasteiger partial charge is 0.573 e. The molecule has 2 unspecified atom stereocenters. The van der Waals surface area contributed by atoms with Gasteiger partial charge in [-0.3, -0.25) is 14.4 Å². The second-order valence-corrected chi connectivity index (χ2v) is 7.90. The standard InChI is InChI=1S/C24H22F3N3O7/c1-30-9-8-18(31)21(22(30)34)29-23(35)28-17(12-20(32)33)14-6-7-19(36-2)16(11-14)13-4-3-5-15(10-13)37-24(25,26)27/h3-11,17,21H,12H2,1-2H3,(H,32,33)(H2,28,29,35). The lowest BCUT2D eigenvalue weighted by atomic mass is 9.96. The summed E-state index contributed by atoms with van der Waals surface area (Å²) in [5, 5.41) is 14.1. The minimum absolute atomic E-state index is 0.264. The number of carbonyl (C=O) groups excluding carboxylic acids is 3. The van der Waals surface area contributed by atoms with Gasteiger partial charge in [0.25, 0.3) is 5.91 Å². The van der Waals surface area contributed by atoms with Crippen LogP contribution < -0.4 is 20.1 Å². The van der Waals surface area contributed by atoms with E-state index in [9.17, 15) is 37.5 Å². The molecule has 0 saturated carbocycles. The second kappa shape index (κ2) is 11.0. The van der Waals surface area contributed by atoms with Crippen LogP contribution >= 0.6 is 0 Å². The van der Waals surface area contributed by atoms with Crippen LogP contribution in [0.5, 0.6) is 11.5 Å². The smallest absolute Gasteiger partial charge is 0.496 e. The van der Waals surface area contributed by atoms with E-state index in [0.29, 0.717) is 5.56 Å². The first-order chi connectivity index (χ1) is 17.4. The summed E-state index contributed by atoms with van der Waals surface area (Å²) in [6.45, 7) is 0. The average Bonchev–Trinajstić information content (AvgIpc) is 2.82. The molecular weight excluding hydrogens is 499 g/mol. The molecule has 3 rings (SSSR count). The van der Waals surface area contributed by atoms with Crippen molar-refractivity contribution in [3.05, 3.63) is 60.3 Å². The Morgan fingerprint density at radius 1 is 1.16 bits per heavy atom. The number of nitrogens with zero attached hydrogens (tertiary/aromatic N) is 1. The first kappa shape index (κ1) is 27.0. The SMILES string of the molecule is COc1ccc(C(CC(=O)O)NC(=O)NC2C(=O)C=CN(C)C2=O)cc1-c1cccc(OC(F)(F)F)c1. The van der Waals surface area contributed by atoms with E-state index in [2.05, 4.69) is 15.4 Å². The molecule has 2 aromatic carbocycles. The maximum Gasteiger partial charge on any atom is 0.573 e. The summed E-state index contributed by atoms with van der Waals surface area (Å²) in [5.41, 5.74) is 0.843. The zero-order chi connectivity index (χ0) is 27.3. The van der Waals surface area contributed by atoms with Crippen molar-refractivity contribution in [1.82, 2.24) is 15.5 Å². The van der Waals surface area contributed by atoms with Gasteiger partial charge in [0, 0.05) is 24.9 Å². The van der Waals surface area contributed by atoms with Crippen LogP contribution in [-0.2, 0) is 14.4 Å². The third-order valence-electron chi connectivity index (χ3n) is 5.31. The Balaban J connectivity index is 1.91. The van der Waals surface area contributed by atoms with E-state index in [4.69, 9.17) is 4.74 Å². The minimum Gasteiger partial charge on any atom is -0.496 e. The number of ether oxygens (including phenoxy) is 2. The van der Waals surface area contributed by atoms with Gasteiger partial charge in [0.15, 0.2) is 11.8 Å². The molecule has 37 heavy (non-hydrogen) atoms. The highest BCUT2D eigenvalue weighted by atomic mass is 19.4. The predicted octanol–water partition coefficient (Wildman–Crippen LogP) is 3.00. The summed E-state index contributed by atoms with van der Waals surface area (Å²) in [5.74, 6) is -2.81. The fraction of sp³-hybridized carbons (Fsp3) is 0.250. The maximum absolute atomic E-state index is 12.7. The molecule has 196 valence electrons. The van der Waals surface area contributed by atoms with Crippen molar-refractivity contribution >= 4 is 23.7 Å². The summed E-state index contributed by atoms with van der Waals surface area (Å²) in [4.78, 5) is 49.5. The number of nitrogens with one attached hydrogen (secondary N) is 2. The van der Waals surface area contributed by atoms with Gasteiger partial charge in [-0.2, -0.15) is 0 Å². The maximum atomic E-state index is 12.7. The summed E-state index contributed by atoms with van der Waals surface area (Å²) >= 11 is 0. The van der Waals surface area contributed by atoms with Crippen LogP contribution in [0.1, 0.15) is 18.0 Å². The van der Waals surface area contributed by atoms with Gasteiger partial charge >= 0.3 is 18.4 Å². The van der Waals surface area contributed by atoms with Crippen LogP contribution in [-0.4, -0.2) is 60.3 Å². The zero-order valence-corrected chi connectivity index (χ0v) is 19.5. The van der Waals surface area contributed by atoms with Crippen molar-refractivity contribution in [2.24, 2.45) is 0 Å². The van der Waals surface area contributed by atoms with Crippen LogP contribution in [0.2, 0.25) is 0 Å². The van der Waals surface area contributed by atoms with Gasteiger partial charge in [-0.15, -0.1) is 13.2 Å². The number of rotatable bonds is 8. The number of hydrogen-bond donors (Lipinski definition) is 3. The molecule has 1 aliphatic rings. The number of carboxylic acid groups (broad SMARTS) is 1. The van der Waals surface area contributed by atoms with Crippen molar-refractivity contribution in [2.75, 3.05) is 14.2 Å². The monoisotopic (exact) mass is 521 g/mol. The van der Waals surface area contributed by atoms with Crippen molar-refractivity contribution < 1.29 is 46.9 Å². The lowest BCUT2D eigenvalue weighted by molar-refractivity contribution is -0.274. The summed E-state index contributed by atoms with van der Waals surface area (Å²) < 4.78 is 47.3. The first-order valence-corrected chi connectivity index (χ1v) is 10.7. The molecule has 10 nitrogen and oxygen atoms in total. The number of alkyl halides is 3. The summed E-state index contributed by atoms with van der Waals surface area (Å²) in [7, 11) is 2.75. The first-order valence-electron chi connectivity index (χ1n) is 10.7. The highest BCUT2D eigenvalue weighted by Crippen LogP contribution is 2.35. The molecule has 0 radical (unpaired) electrons. The summed E-state index contributed by atoms with van der Waals surface area (Å²) in [6.07, 6.45) is -3.11. The number of likely N-dealkylation sites (N-methyl/N-ethyl adjacent to an activating group) is 1. The second-order valence-electron chi connectivity index (χ2n) is 7.90. The van der Waals surface area contributed by atoms with Crippen molar-refractivity contribution in [1.29, 1.82) is 0 Å². The Bertz CT molecular complexity index is 1250. The fourth-order valence-electron chi connectivity index (χ4n) is 3.60. The highest BCUT2D eigenvalue weighted by Gasteiger charge is 2.33. The molecule has 0 aliphatic carbocycles. The van der Waals surface area contributed by atoms with E-state index in [-0.39, 0.29) is 16.9 Å². The molecule has 1 heterocycles. The van der Waals surface area contributed by atoms with Gasteiger partial charge in [0.2, 0.25) is 0 Å². The molecule has 13 heteroatoms. The van der Waals surface area contributed by atoms with Gasteiger partial charge < -0.3 is 30.1 Å². The van der Waals surface area contributed by atoms with Gasteiger partial charge in [-0.25, -0.2) is 4.79 Å². The Hall–Kier alpha value is -4.55. The quantitative estimate of drug-likeness (QED) is 0.455. The molecule has 2 atom stereocenters. The van der Waals surface area contributed by atoms with Crippen LogP contribution in [0.4, 0.5) is 18.0 Å². The number of carbonyl (C=O) groups is 4. The van der Waals surface area contributed by atoms with E-state index >= 15 is 0 Å². The molecule has 0 fully saturated rings. The van der Waals surface area contributed by atoms with Gasteiger partial charge in [-0.05, 0) is 35.4 Å². The van der Waals surface area contributed by atoms with E-state index in [1.165, 1.54) is 50.7 Å². The third kappa shape index (κ3) is 6.99. The van der Waals surface area contributed by atoms with Gasteiger partial charge in [0.1, 0.15) is 11.5 Å². The molecule has 0 spiro atoms. The normalized spacial score (nSPS) is 16.2. The van der Waals surface area contributed by atoms with Crippen LogP contribution in [0.25, 0.3) is 11.1 Å². The van der Waals surface area contributed by atoms with Crippen molar-refractivity contribution in [3.63, 3.8) is 0 Å². The Labute approximate surface area is 208 Å². The molecule has 0 aromatic heterocycles. The molecule has 0 bridgehead atoms. The number of aliphatic carboxylic acids is 1. The van der Waals surface area contributed by atoms with E-state index in [0.717, 1.165) is 23.1 Å². The predicted molar refractivity (Wildman–Crippen MR) is 122 cm³/mol. The third-order valence-corrected chi connectivity index (χ3v) is 5.31. The minimum atomic E-state index is -4.90. The molecule has 0 saturated heterocycles. The number of benzene rings is 2. The number of ketones is 1. The topological polar surface area (TPSA) is 134 Å². The average molecular weight is 521 g/mol. The molecule has 1 aliphatic heterocycles. The van der Waals surface area contributed by atoms with Crippen molar-refractivity contribution in [3.8, 4) is 22.6 Å². The number of carboxylic acids is 1. The van der Waals surface area contributed by atoms with Crippen LogP contribution in [0.3, 0.4) is 0 Å². The lowest BCUT2D eigenvalue weighted by Gasteiger charge is -2.25. The number of hydrogen-bond acceptors (Lipinski definition) is 6. The zero-order valence-electron chi connectivity index (χ0n) is 19.5. The van der Waals surface area contributed by atoms with Crippen LogP contribution in [0, 0.1) is 0 Å². The van der Waals surface area contributed by atoms with E-state index < -0.39 is 54.3 Å². The van der Waals surface area contributed by atoms with Crippen LogP contribution in [0.15, 0.2) is 54.7 Å². The Morgan fingerprint density at radius 2 is 1.89 bits per heavy atom. The number of halogens is 3. The van der Waals surface area contributed by atoms with Gasteiger partial charge in [-0.1, -0.05) is 18.2 Å². The van der Waals surface area contributed by atoms with Gasteiger partial charge in [0.05, 0.1) is 19.6 Å². The lowest BCUT2D eigenvalue weighted by Crippen LogP contribution is -2.55. The Kier molecular flexibility index (Phi) is 8.05. The number of methoxy groups -OCH3 is 1. The molecule has 3 amide bonds. The van der Waals surface area contributed by atoms with E-state index in [1.807, 2.05) is 0 Å². The van der Waals surface area contributed by atoms with Crippen molar-refractivity contribution in [2.45, 2.75) is 24.9 Å². The fourth-order valence-corrected chi connectivity index (χ4v) is 3.60. The number of amides is 3. The van der Waals surface area contributed by atoms with E-state index in [1.54, 1.807) is 0 Å². The molecule has 2 aromatic rings. The summed E-state index contributed by atoms with van der Waals surface area (Å²) in [6, 6.07) is 5.88. The highest BCUT2D eigenvalue weighted by molar-refractivity contribution is 6.14. The molecule has 3 N–H and O–H groups in total. The number of urea groups is 1. The molecular formula is C24H22F3N3O7.